The topological polar surface area (TPSA) is 199 Å². The highest BCUT2D eigenvalue weighted by Crippen LogP contribution is 2.26. The first kappa shape index (κ1) is 39.4. The van der Waals surface area contributed by atoms with E-state index in [2.05, 4.69) is 36.2 Å². The van der Waals surface area contributed by atoms with Crippen LogP contribution in [0.15, 0.2) is 40.6 Å². The van der Waals surface area contributed by atoms with Crippen molar-refractivity contribution in [2.45, 2.75) is 123 Å². The fraction of sp³-hybridized carbons (Fsp3) is 0.583. The van der Waals surface area contributed by atoms with Crippen LogP contribution in [0.2, 0.25) is 0 Å². The van der Waals surface area contributed by atoms with Crippen molar-refractivity contribution in [3.8, 4) is 11.5 Å². The monoisotopic (exact) mass is 724 g/mol. The number of carbonyl (C=O) groups is 4. The third-order valence-electron chi connectivity index (χ3n) is 8.44. The van der Waals surface area contributed by atoms with Gasteiger partial charge in [0.05, 0.1) is 11.6 Å². The number of aliphatic hydroxyl groups is 1. The predicted molar refractivity (Wildman–Crippen MR) is 197 cm³/mol. The second-order valence-electron chi connectivity index (χ2n) is 15.2. The highest BCUT2D eigenvalue weighted by Gasteiger charge is 2.43. The number of aromatic nitrogens is 3. The fourth-order valence-corrected chi connectivity index (χ4v) is 6.44. The molecule has 3 aromatic heterocycles. The van der Waals surface area contributed by atoms with Crippen molar-refractivity contribution in [1.29, 1.82) is 0 Å². The first-order valence-corrected chi connectivity index (χ1v) is 18.4. The van der Waals surface area contributed by atoms with Crippen molar-refractivity contribution in [2.24, 2.45) is 5.41 Å². The number of rotatable bonds is 10. The molecule has 1 aliphatic carbocycles. The molecule has 1 aliphatic heterocycles. The molecule has 6 N–H and O–H groups in total. The van der Waals surface area contributed by atoms with E-state index in [4.69, 9.17) is 0 Å². The van der Waals surface area contributed by atoms with Crippen molar-refractivity contribution < 1.29 is 24.3 Å². The summed E-state index contributed by atoms with van der Waals surface area (Å²) >= 11 is 1.39. The Kier molecular flexibility index (Phi) is 13.0. The number of pyridine rings is 1. The second kappa shape index (κ2) is 16.8. The van der Waals surface area contributed by atoms with Gasteiger partial charge in [0.25, 0.3) is 11.5 Å². The zero-order valence-electron chi connectivity index (χ0n) is 30.5. The Hall–Kier alpha value is -4.37. The molecule has 0 aromatic carbocycles. The van der Waals surface area contributed by atoms with Gasteiger partial charge in [0.15, 0.2) is 11.9 Å². The number of urea groups is 1. The fourth-order valence-electron chi connectivity index (χ4n) is 5.72. The number of thiophene rings is 1. The summed E-state index contributed by atoms with van der Waals surface area (Å²) in [6.07, 6.45) is 4.36. The average molecular weight is 725 g/mol. The molecule has 1 saturated carbocycles. The van der Waals surface area contributed by atoms with Gasteiger partial charge in [-0.05, 0) is 81.9 Å². The summed E-state index contributed by atoms with van der Waals surface area (Å²) in [5.74, 6) is -0.679. The lowest BCUT2D eigenvalue weighted by Gasteiger charge is -2.36. The standard InChI is InChI=1S/C25H45N5O5.C11H7N3OS/c1-8-10-16(18(31)21(33)26-15-12-13-15)27-20(32)17-11-9-14-30(17)22(34)19(24(2,3)4)28-23(35)29-25(5,6)7;15-11-9-7(4-6-16-9)13-10(14-11)8-3-1-2-5-12-8/h15-19,31H,8-14H2,1-7H3,(H,26,33)(H,27,32)(H2,28,29,35);1-6H,(H,13,14,15)/t16-,17?,18?,19+;/m0./s1. The minimum Gasteiger partial charge on any atom is -0.381 e. The minimum atomic E-state index is -1.35. The normalized spacial score (nSPS) is 17.8. The maximum absolute atomic E-state index is 13.6. The molecule has 2 aliphatic rings. The number of H-pyrrole nitrogens is 1. The Morgan fingerprint density at radius 3 is 2.39 bits per heavy atom. The molecule has 51 heavy (non-hydrogen) atoms. The van der Waals surface area contributed by atoms with Crippen molar-refractivity contribution in [2.75, 3.05) is 6.54 Å². The van der Waals surface area contributed by atoms with Crippen molar-refractivity contribution >= 4 is 45.3 Å². The van der Waals surface area contributed by atoms with E-state index in [1.807, 2.05) is 78.1 Å². The lowest BCUT2D eigenvalue weighted by molar-refractivity contribution is -0.143. The maximum Gasteiger partial charge on any atom is 0.315 e. The van der Waals surface area contributed by atoms with Crippen LogP contribution in [0.25, 0.3) is 21.7 Å². The van der Waals surface area contributed by atoms with Crippen molar-refractivity contribution in [1.82, 2.24) is 41.1 Å². The van der Waals surface area contributed by atoms with E-state index in [9.17, 15) is 29.1 Å². The van der Waals surface area contributed by atoms with Crippen LogP contribution in [0, 0.1) is 5.41 Å². The number of aliphatic hydroxyl groups excluding tert-OH is 1. The Morgan fingerprint density at radius 1 is 1.06 bits per heavy atom. The summed E-state index contributed by atoms with van der Waals surface area (Å²) in [7, 11) is 0. The third kappa shape index (κ3) is 11.1. The number of nitrogens with zero attached hydrogens (tertiary/aromatic N) is 3. The quantitative estimate of drug-likeness (QED) is 0.183. The van der Waals surface area contributed by atoms with Crippen LogP contribution in [-0.2, 0) is 14.4 Å². The molecule has 1 saturated heterocycles. The van der Waals surface area contributed by atoms with Crippen LogP contribution >= 0.6 is 11.3 Å². The van der Waals surface area contributed by atoms with Gasteiger partial charge in [0.2, 0.25) is 11.8 Å². The number of aromatic amines is 1. The van der Waals surface area contributed by atoms with Crippen LogP contribution in [0.4, 0.5) is 4.79 Å². The molecule has 2 unspecified atom stereocenters. The summed E-state index contributed by atoms with van der Waals surface area (Å²) in [6, 6.07) is 4.70. The summed E-state index contributed by atoms with van der Waals surface area (Å²) in [5.41, 5.74) is 0.229. The third-order valence-corrected chi connectivity index (χ3v) is 9.34. The molecule has 15 heteroatoms. The molecule has 0 spiro atoms. The molecule has 4 heterocycles. The van der Waals surface area contributed by atoms with Gasteiger partial charge in [-0.1, -0.05) is 40.2 Å². The van der Waals surface area contributed by atoms with E-state index in [1.54, 1.807) is 6.20 Å². The highest BCUT2D eigenvalue weighted by atomic mass is 32.1. The minimum absolute atomic E-state index is 0.107. The number of likely N-dealkylation sites (tertiary alicyclic amines) is 1. The molecule has 0 bridgehead atoms. The molecule has 14 nitrogen and oxygen atoms in total. The molecule has 5 rings (SSSR count). The zero-order valence-corrected chi connectivity index (χ0v) is 31.4. The van der Waals surface area contributed by atoms with Gasteiger partial charge >= 0.3 is 6.03 Å². The summed E-state index contributed by atoms with van der Waals surface area (Å²) in [6.45, 7) is 13.5. The Labute approximate surface area is 302 Å². The average Bonchev–Trinajstić information content (AvgIpc) is 3.51. The second-order valence-corrected chi connectivity index (χ2v) is 16.1. The van der Waals surface area contributed by atoms with Crippen LogP contribution in [0.5, 0.6) is 0 Å². The summed E-state index contributed by atoms with van der Waals surface area (Å²) < 4.78 is 0.652. The Balaban J connectivity index is 0.000000299. The largest absolute Gasteiger partial charge is 0.381 e. The summed E-state index contributed by atoms with van der Waals surface area (Å²) in [5, 5.41) is 23.7. The van der Waals surface area contributed by atoms with Gasteiger partial charge in [0.1, 0.15) is 22.5 Å². The molecule has 4 atom stereocenters. The van der Waals surface area contributed by atoms with Crippen LogP contribution in [-0.4, -0.2) is 91.1 Å². The van der Waals surface area contributed by atoms with E-state index in [0.29, 0.717) is 48.4 Å². The number of fused-ring (bicyclic) bond motifs is 1. The molecule has 0 radical (unpaired) electrons. The van der Waals surface area contributed by atoms with Gasteiger partial charge in [-0.15, -0.1) is 11.3 Å². The molecular weight excluding hydrogens is 673 g/mol. The predicted octanol–water partition coefficient (Wildman–Crippen LogP) is 3.46. The van der Waals surface area contributed by atoms with Crippen molar-refractivity contribution in [3.63, 3.8) is 0 Å². The number of carbonyl (C=O) groups excluding carboxylic acids is 4. The van der Waals surface area contributed by atoms with Crippen LogP contribution in [0.3, 0.4) is 0 Å². The number of amides is 5. The van der Waals surface area contributed by atoms with E-state index < -0.39 is 47.1 Å². The molecule has 5 amide bonds. The van der Waals surface area contributed by atoms with E-state index in [1.165, 1.54) is 16.2 Å². The van der Waals surface area contributed by atoms with Gasteiger partial charge in [-0.3, -0.25) is 24.2 Å². The van der Waals surface area contributed by atoms with Gasteiger partial charge in [0, 0.05) is 24.3 Å². The molecular formula is C36H52N8O6S. The van der Waals surface area contributed by atoms with Crippen molar-refractivity contribution in [3.05, 3.63) is 46.2 Å². The van der Waals surface area contributed by atoms with Gasteiger partial charge in [-0.25, -0.2) is 9.78 Å². The summed E-state index contributed by atoms with van der Waals surface area (Å²) in [4.78, 5) is 76.2. The van der Waals surface area contributed by atoms with E-state index in [0.717, 1.165) is 18.4 Å². The zero-order chi connectivity index (χ0) is 37.5. The Morgan fingerprint density at radius 2 is 1.78 bits per heavy atom. The van der Waals surface area contributed by atoms with E-state index in [-0.39, 0.29) is 23.4 Å². The van der Waals surface area contributed by atoms with E-state index >= 15 is 0 Å². The molecule has 2 fully saturated rings. The number of hydrogen-bond acceptors (Lipinski definition) is 9. The number of hydrogen-bond donors (Lipinski definition) is 6. The lowest BCUT2D eigenvalue weighted by atomic mass is 9.85. The van der Waals surface area contributed by atoms with Gasteiger partial charge < -0.3 is 36.3 Å². The Bertz CT molecular complexity index is 1730. The lowest BCUT2D eigenvalue weighted by Crippen LogP contribution is -2.61. The first-order chi connectivity index (χ1) is 24.0. The maximum atomic E-state index is 13.6. The number of nitrogens with one attached hydrogen (secondary N) is 5. The first-order valence-electron chi connectivity index (χ1n) is 17.6. The van der Waals surface area contributed by atoms with Crippen LogP contribution < -0.4 is 26.8 Å². The van der Waals surface area contributed by atoms with Gasteiger partial charge in [-0.2, -0.15) is 0 Å². The molecule has 3 aromatic rings. The van der Waals surface area contributed by atoms with Crippen LogP contribution in [0.1, 0.15) is 87.0 Å². The SMILES string of the molecule is CCC[C@H](NC(=O)C1CCCN1C(=O)[C@@H](NC(=O)NC(C)(C)C)C(C)(C)C)C(O)C(=O)NC1CC1.O=c1[nH]c(-c2ccccn2)nc2ccsc12. The molecule has 278 valence electrons. The smallest absolute Gasteiger partial charge is 0.315 e. The highest BCUT2D eigenvalue weighted by molar-refractivity contribution is 7.17.